The molecule has 0 radical (unpaired) electrons. The summed E-state index contributed by atoms with van der Waals surface area (Å²) in [5, 5.41) is 12.6. The minimum atomic E-state index is -1.14. The predicted molar refractivity (Wildman–Crippen MR) is 51.4 cm³/mol. The second-order valence-corrected chi connectivity index (χ2v) is 3.14. The Morgan fingerprint density at radius 3 is 2.81 bits per heavy atom. The molecule has 0 aliphatic heterocycles. The summed E-state index contributed by atoms with van der Waals surface area (Å²) in [6, 6.07) is 2.52. The standard InChI is InChI=1S/C10H7FN2O3/c1-5-8(10(14)15)9(13-16-5)6-2-3-7(11)12-4-6/h2-4H,1H3,(H,14,15). The van der Waals surface area contributed by atoms with Gasteiger partial charge in [-0.05, 0) is 19.1 Å². The van der Waals surface area contributed by atoms with E-state index in [0.29, 0.717) is 5.56 Å². The van der Waals surface area contributed by atoms with E-state index < -0.39 is 11.9 Å². The molecule has 2 aromatic heterocycles. The Kier molecular flexibility index (Phi) is 2.40. The number of nitrogens with zero attached hydrogens (tertiary/aromatic N) is 2. The Morgan fingerprint density at radius 2 is 2.25 bits per heavy atom. The van der Waals surface area contributed by atoms with Gasteiger partial charge in [0.15, 0.2) is 0 Å². The van der Waals surface area contributed by atoms with Crippen LogP contribution in [0.25, 0.3) is 11.3 Å². The molecule has 0 aromatic carbocycles. The normalized spacial score (nSPS) is 10.4. The zero-order valence-corrected chi connectivity index (χ0v) is 8.27. The maximum absolute atomic E-state index is 12.6. The fourth-order valence-corrected chi connectivity index (χ4v) is 1.34. The van der Waals surface area contributed by atoms with Gasteiger partial charge in [0.2, 0.25) is 5.95 Å². The third kappa shape index (κ3) is 1.65. The number of hydrogen-bond acceptors (Lipinski definition) is 4. The Hall–Kier alpha value is -2.24. The third-order valence-electron chi connectivity index (χ3n) is 2.08. The van der Waals surface area contributed by atoms with Gasteiger partial charge in [-0.1, -0.05) is 5.16 Å². The van der Waals surface area contributed by atoms with Crippen molar-refractivity contribution in [2.75, 3.05) is 0 Å². The first-order valence-electron chi connectivity index (χ1n) is 4.41. The van der Waals surface area contributed by atoms with Crippen LogP contribution in [-0.4, -0.2) is 21.2 Å². The van der Waals surface area contributed by atoms with Crippen LogP contribution in [0.15, 0.2) is 22.9 Å². The van der Waals surface area contributed by atoms with Gasteiger partial charge in [-0.3, -0.25) is 0 Å². The molecule has 0 bridgehead atoms. The molecule has 0 fully saturated rings. The number of pyridine rings is 1. The fraction of sp³-hybridized carbons (Fsp3) is 0.100. The molecule has 2 heterocycles. The van der Waals surface area contributed by atoms with Gasteiger partial charge in [0, 0.05) is 11.8 Å². The van der Waals surface area contributed by atoms with Crippen LogP contribution < -0.4 is 0 Å². The average molecular weight is 222 g/mol. The summed E-state index contributed by atoms with van der Waals surface area (Å²) in [6.45, 7) is 1.50. The molecule has 0 amide bonds. The summed E-state index contributed by atoms with van der Waals surface area (Å²) in [6.07, 6.45) is 1.21. The second-order valence-electron chi connectivity index (χ2n) is 3.14. The molecule has 82 valence electrons. The smallest absolute Gasteiger partial charge is 0.341 e. The lowest BCUT2D eigenvalue weighted by atomic mass is 10.1. The SMILES string of the molecule is Cc1onc(-c2ccc(F)nc2)c1C(=O)O. The van der Waals surface area contributed by atoms with Crippen molar-refractivity contribution in [1.29, 1.82) is 0 Å². The summed E-state index contributed by atoms with van der Waals surface area (Å²) in [5.74, 6) is -1.58. The van der Waals surface area contributed by atoms with Crippen LogP contribution in [0.5, 0.6) is 0 Å². The van der Waals surface area contributed by atoms with E-state index >= 15 is 0 Å². The lowest BCUT2D eigenvalue weighted by molar-refractivity contribution is 0.0696. The van der Waals surface area contributed by atoms with Crippen LogP contribution in [0, 0.1) is 12.9 Å². The molecule has 0 spiro atoms. The van der Waals surface area contributed by atoms with Gasteiger partial charge in [-0.2, -0.15) is 4.39 Å². The minimum absolute atomic E-state index is 0.0339. The van der Waals surface area contributed by atoms with E-state index in [9.17, 15) is 9.18 Å². The Bertz CT molecular complexity index is 533. The van der Waals surface area contributed by atoms with E-state index in [0.717, 1.165) is 6.07 Å². The first-order chi connectivity index (χ1) is 7.59. The predicted octanol–water partition coefficient (Wildman–Crippen LogP) is 1.88. The highest BCUT2D eigenvalue weighted by Crippen LogP contribution is 2.24. The van der Waals surface area contributed by atoms with Crippen molar-refractivity contribution < 1.29 is 18.8 Å². The van der Waals surface area contributed by atoms with Crippen LogP contribution in [0.2, 0.25) is 0 Å². The van der Waals surface area contributed by atoms with Crippen molar-refractivity contribution in [3.63, 3.8) is 0 Å². The van der Waals surface area contributed by atoms with Gasteiger partial charge in [0.25, 0.3) is 0 Å². The molecule has 0 saturated heterocycles. The lowest BCUT2D eigenvalue weighted by Crippen LogP contribution is -1.99. The summed E-state index contributed by atoms with van der Waals surface area (Å²) in [5.41, 5.74) is 0.515. The van der Waals surface area contributed by atoms with Gasteiger partial charge in [0.1, 0.15) is 17.0 Å². The molecule has 6 heteroatoms. The van der Waals surface area contributed by atoms with Gasteiger partial charge in [-0.25, -0.2) is 9.78 Å². The lowest BCUT2D eigenvalue weighted by Gasteiger charge is -1.96. The maximum Gasteiger partial charge on any atom is 0.341 e. The largest absolute Gasteiger partial charge is 0.477 e. The molecule has 0 saturated carbocycles. The summed E-state index contributed by atoms with van der Waals surface area (Å²) < 4.78 is 17.4. The molecular weight excluding hydrogens is 215 g/mol. The number of aryl methyl sites for hydroxylation is 1. The van der Waals surface area contributed by atoms with Crippen molar-refractivity contribution >= 4 is 5.97 Å². The van der Waals surface area contributed by atoms with Crippen molar-refractivity contribution in [3.8, 4) is 11.3 Å². The molecule has 2 rings (SSSR count). The highest BCUT2D eigenvalue weighted by Gasteiger charge is 2.20. The molecular formula is C10H7FN2O3. The number of halogens is 1. The van der Waals surface area contributed by atoms with Crippen molar-refractivity contribution in [3.05, 3.63) is 35.6 Å². The van der Waals surface area contributed by atoms with Crippen LogP contribution in [0.4, 0.5) is 4.39 Å². The highest BCUT2D eigenvalue weighted by atomic mass is 19.1. The molecule has 2 aromatic rings. The number of hydrogen-bond donors (Lipinski definition) is 1. The van der Waals surface area contributed by atoms with Gasteiger partial charge < -0.3 is 9.63 Å². The number of carboxylic acids is 1. The molecule has 5 nitrogen and oxygen atoms in total. The third-order valence-corrected chi connectivity index (χ3v) is 2.08. The number of carbonyl (C=O) groups is 1. The van der Waals surface area contributed by atoms with Crippen molar-refractivity contribution in [2.24, 2.45) is 0 Å². The number of aromatic carboxylic acids is 1. The van der Waals surface area contributed by atoms with Gasteiger partial charge in [0.05, 0.1) is 0 Å². The average Bonchev–Trinajstić information content (AvgIpc) is 2.61. The first-order valence-corrected chi connectivity index (χ1v) is 4.41. The zero-order chi connectivity index (χ0) is 11.7. The summed E-state index contributed by atoms with van der Waals surface area (Å²) in [4.78, 5) is 14.4. The molecule has 0 aliphatic rings. The molecule has 16 heavy (non-hydrogen) atoms. The highest BCUT2D eigenvalue weighted by molar-refractivity contribution is 5.95. The fourth-order valence-electron chi connectivity index (χ4n) is 1.34. The molecule has 1 N–H and O–H groups in total. The van der Waals surface area contributed by atoms with Crippen LogP contribution in [0.1, 0.15) is 16.1 Å². The minimum Gasteiger partial charge on any atom is -0.477 e. The monoisotopic (exact) mass is 222 g/mol. The van der Waals surface area contributed by atoms with Crippen LogP contribution >= 0.6 is 0 Å². The van der Waals surface area contributed by atoms with E-state index in [1.165, 1.54) is 19.2 Å². The number of carboxylic acid groups (broad SMARTS) is 1. The van der Waals surface area contributed by atoms with Crippen molar-refractivity contribution in [1.82, 2.24) is 10.1 Å². The van der Waals surface area contributed by atoms with Crippen molar-refractivity contribution in [2.45, 2.75) is 6.92 Å². The number of rotatable bonds is 2. The van der Waals surface area contributed by atoms with E-state index in [1.54, 1.807) is 0 Å². The molecule has 0 unspecified atom stereocenters. The Labute approximate surface area is 89.5 Å². The Morgan fingerprint density at radius 1 is 1.50 bits per heavy atom. The van der Waals surface area contributed by atoms with E-state index in [4.69, 9.17) is 9.63 Å². The van der Waals surface area contributed by atoms with Gasteiger partial charge in [-0.15, -0.1) is 0 Å². The van der Waals surface area contributed by atoms with Crippen LogP contribution in [-0.2, 0) is 0 Å². The topological polar surface area (TPSA) is 76.2 Å². The Balaban J connectivity index is 2.56. The van der Waals surface area contributed by atoms with E-state index in [1.807, 2.05) is 0 Å². The van der Waals surface area contributed by atoms with Crippen LogP contribution in [0.3, 0.4) is 0 Å². The molecule has 0 aliphatic carbocycles. The van der Waals surface area contributed by atoms with E-state index in [-0.39, 0.29) is 17.0 Å². The van der Waals surface area contributed by atoms with Gasteiger partial charge >= 0.3 is 5.97 Å². The summed E-state index contributed by atoms with van der Waals surface area (Å²) >= 11 is 0. The molecule has 0 atom stereocenters. The maximum atomic E-state index is 12.6. The second kappa shape index (κ2) is 3.73. The quantitative estimate of drug-likeness (QED) is 0.785. The van der Waals surface area contributed by atoms with E-state index in [2.05, 4.69) is 10.1 Å². The summed E-state index contributed by atoms with van der Waals surface area (Å²) in [7, 11) is 0. The first kappa shape index (κ1) is 10.3. The number of aromatic nitrogens is 2. The zero-order valence-electron chi connectivity index (χ0n) is 8.27.